The highest BCUT2D eigenvalue weighted by Crippen LogP contribution is 2.23. The molecule has 2 rings (SSSR count). The van der Waals surface area contributed by atoms with Crippen molar-refractivity contribution in [3.8, 4) is 0 Å². The van der Waals surface area contributed by atoms with E-state index in [-0.39, 0.29) is 6.04 Å². The summed E-state index contributed by atoms with van der Waals surface area (Å²) in [6, 6.07) is 7.86. The van der Waals surface area contributed by atoms with Crippen LogP contribution in [0.1, 0.15) is 20.8 Å². The van der Waals surface area contributed by atoms with Crippen LogP contribution in [0.5, 0.6) is 0 Å². The molecule has 108 valence electrons. The maximum atomic E-state index is 11.4. The Labute approximate surface area is 122 Å². The molecule has 5 nitrogen and oxygen atoms in total. The fourth-order valence-electron chi connectivity index (χ4n) is 2.01. The number of carboxylic acid groups (broad SMARTS) is 1. The highest BCUT2D eigenvalue weighted by molar-refractivity contribution is 7.99. The van der Waals surface area contributed by atoms with Gasteiger partial charge in [0, 0.05) is 11.8 Å². The van der Waals surface area contributed by atoms with E-state index in [9.17, 15) is 9.90 Å². The fraction of sp³-hybridized carbons (Fsp3) is 0.429. The molecule has 0 spiro atoms. The van der Waals surface area contributed by atoms with Crippen LogP contribution >= 0.6 is 11.8 Å². The molecule has 0 amide bonds. The Morgan fingerprint density at radius 2 is 2.20 bits per heavy atom. The first-order valence-electron chi connectivity index (χ1n) is 6.49. The predicted molar refractivity (Wildman–Crippen MR) is 81.1 cm³/mol. The van der Waals surface area contributed by atoms with E-state index in [1.165, 1.54) is 11.8 Å². The summed E-state index contributed by atoms with van der Waals surface area (Å²) in [4.78, 5) is 19.1. The van der Waals surface area contributed by atoms with Crippen LogP contribution < -0.4 is 5.32 Å². The lowest BCUT2D eigenvalue weighted by Crippen LogP contribution is -2.54. The largest absolute Gasteiger partial charge is 0.480 e. The average Bonchev–Trinajstić information content (AvgIpc) is 2.78. The lowest BCUT2D eigenvalue weighted by molar-refractivity contribution is -0.143. The predicted octanol–water partition coefficient (Wildman–Crippen LogP) is 2.50. The average molecular weight is 293 g/mol. The maximum Gasteiger partial charge on any atom is 0.324 e. The number of carbonyl (C=O) groups is 1. The van der Waals surface area contributed by atoms with E-state index in [0.717, 1.165) is 16.2 Å². The van der Waals surface area contributed by atoms with Crippen molar-refractivity contribution in [3.05, 3.63) is 24.3 Å². The normalized spacial score (nSPS) is 14.6. The number of imidazole rings is 1. The van der Waals surface area contributed by atoms with Crippen molar-refractivity contribution in [2.24, 2.45) is 0 Å². The molecule has 0 saturated heterocycles. The molecule has 1 unspecified atom stereocenters. The summed E-state index contributed by atoms with van der Waals surface area (Å²) in [6.07, 6.45) is 0. The first kappa shape index (κ1) is 14.9. The van der Waals surface area contributed by atoms with Gasteiger partial charge in [-0.3, -0.25) is 10.1 Å². The second-order valence-corrected chi connectivity index (χ2v) is 6.25. The number of thioether (sulfide) groups is 1. The third-order valence-electron chi connectivity index (χ3n) is 2.94. The van der Waals surface area contributed by atoms with E-state index < -0.39 is 11.5 Å². The zero-order valence-corrected chi connectivity index (χ0v) is 12.6. The Balaban J connectivity index is 2.10. The molecule has 0 bridgehead atoms. The Hall–Kier alpha value is -1.53. The number of aromatic nitrogens is 2. The van der Waals surface area contributed by atoms with Crippen LogP contribution in [-0.2, 0) is 4.79 Å². The molecular weight excluding hydrogens is 274 g/mol. The quantitative estimate of drug-likeness (QED) is 0.713. The summed E-state index contributed by atoms with van der Waals surface area (Å²) in [5.74, 6) is -0.449. The molecule has 0 aliphatic heterocycles. The zero-order chi connectivity index (χ0) is 14.8. The summed E-state index contributed by atoms with van der Waals surface area (Å²) in [5.41, 5.74) is 0.880. The number of carboxylic acids is 1. The lowest BCUT2D eigenvalue weighted by atomic mass is 10.1. The summed E-state index contributed by atoms with van der Waals surface area (Å²) in [7, 11) is 0. The van der Waals surface area contributed by atoms with Gasteiger partial charge >= 0.3 is 5.97 Å². The van der Waals surface area contributed by atoms with Gasteiger partial charge in [0.05, 0.1) is 11.0 Å². The molecule has 3 N–H and O–H groups in total. The van der Waals surface area contributed by atoms with Gasteiger partial charge < -0.3 is 10.1 Å². The minimum Gasteiger partial charge on any atom is -0.480 e. The second-order valence-electron chi connectivity index (χ2n) is 5.28. The van der Waals surface area contributed by atoms with Gasteiger partial charge in [0.15, 0.2) is 5.16 Å². The van der Waals surface area contributed by atoms with E-state index in [1.807, 2.05) is 38.1 Å². The minimum absolute atomic E-state index is 0.104. The molecule has 1 aromatic carbocycles. The summed E-state index contributed by atoms with van der Waals surface area (Å²) in [5, 5.41) is 13.2. The van der Waals surface area contributed by atoms with E-state index in [2.05, 4.69) is 15.3 Å². The molecule has 1 heterocycles. The Morgan fingerprint density at radius 1 is 1.50 bits per heavy atom. The van der Waals surface area contributed by atoms with Gasteiger partial charge in [-0.1, -0.05) is 23.9 Å². The summed E-state index contributed by atoms with van der Waals surface area (Å²) < 4.78 is 0. The number of rotatable bonds is 6. The van der Waals surface area contributed by atoms with Crippen molar-refractivity contribution in [1.29, 1.82) is 0 Å². The van der Waals surface area contributed by atoms with Crippen molar-refractivity contribution in [2.45, 2.75) is 37.5 Å². The monoisotopic (exact) mass is 293 g/mol. The summed E-state index contributed by atoms with van der Waals surface area (Å²) in [6.45, 7) is 5.57. The number of aliphatic carboxylic acids is 1. The standard InChI is InChI=1S/C14H19N3O2S/c1-9(2)17-14(3,12(18)19)8-20-13-15-10-6-4-5-7-11(10)16-13/h4-7,9,17H,8H2,1-3H3,(H,15,16)(H,18,19). The van der Waals surface area contributed by atoms with E-state index in [0.29, 0.717) is 5.75 Å². The number of para-hydroxylation sites is 2. The Bertz CT molecular complexity index is 578. The SMILES string of the molecule is CC(C)NC(C)(CSc1nc2ccccc2[nH]1)C(=O)O. The molecule has 6 heteroatoms. The van der Waals surface area contributed by atoms with Gasteiger partial charge in [0.25, 0.3) is 0 Å². The second kappa shape index (κ2) is 5.85. The molecule has 0 fully saturated rings. The van der Waals surface area contributed by atoms with Crippen molar-refractivity contribution in [1.82, 2.24) is 15.3 Å². The van der Waals surface area contributed by atoms with Gasteiger partial charge in [0.1, 0.15) is 5.54 Å². The number of nitrogens with zero attached hydrogens (tertiary/aromatic N) is 1. The van der Waals surface area contributed by atoms with Gasteiger partial charge in [-0.15, -0.1) is 0 Å². The van der Waals surface area contributed by atoms with Gasteiger partial charge in [-0.05, 0) is 32.9 Å². The Morgan fingerprint density at radius 3 is 2.80 bits per heavy atom. The smallest absolute Gasteiger partial charge is 0.324 e. The first-order chi connectivity index (χ1) is 9.40. The highest BCUT2D eigenvalue weighted by atomic mass is 32.2. The molecule has 0 aliphatic rings. The maximum absolute atomic E-state index is 11.4. The molecule has 20 heavy (non-hydrogen) atoms. The number of hydrogen-bond donors (Lipinski definition) is 3. The number of benzene rings is 1. The molecular formula is C14H19N3O2S. The van der Waals surface area contributed by atoms with Gasteiger partial charge in [0.2, 0.25) is 0 Å². The summed E-state index contributed by atoms with van der Waals surface area (Å²) >= 11 is 1.41. The fourth-order valence-corrected chi connectivity index (χ4v) is 2.99. The van der Waals surface area contributed by atoms with Gasteiger partial charge in [-0.25, -0.2) is 4.98 Å². The topological polar surface area (TPSA) is 78.0 Å². The number of nitrogens with one attached hydrogen (secondary N) is 2. The third kappa shape index (κ3) is 3.32. The lowest BCUT2D eigenvalue weighted by Gasteiger charge is -2.27. The van der Waals surface area contributed by atoms with Crippen LogP contribution in [0.3, 0.4) is 0 Å². The number of hydrogen-bond acceptors (Lipinski definition) is 4. The van der Waals surface area contributed by atoms with E-state index in [1.54, 1.807) is 6.92 Å². The van der Waals surface area contributed by atoms with Gasteiger partial charge in [-0.2, -0.15) is 0 Å². The highest BCUT2D eigenvalue weighted by Gasteiger charge is 2.33. The van der Waals surface area contributed by atoms with E-state index in [4.69, 9.17) is 0 Å². The van der Waals surface area contributed by atoms with Crippen LogP contribution in [0.25, 0.3) is 11.0 Å². The van der Waals surface area contributed by atoms with Crippen LogP contribution in [0.15, 0.2) is 29.4 Å². The van der Waals surface area contributed by atoms with Crippen LogP contribution in [0.4, 0.5) is 0 Å². The number of aromatic amines is 1. The molecule has 0 radical (unpaired) electrons. The Kier molecular flexibility index (Phi) is 4.35. The number of fused-ring (bicyclic) bond motifs is 1. The first-order valence-corrected chi connectivity index (χ1v) is 7.48. The molecule has 1 aromatic heterocycles. The van der Waals surface area contributed by atoms with Crippen molar-refractivity contribution < 1.29 is 9.90 Å². The van der Waals surface area contributed by atoms with E-state index >= 15 is 0 Å². The molecule has 0 aliphatic carbocycles. The molecule has 2 aromatic rings. The third-order valence-corrected chi connectivity index (χ3v) is 4.13. The minimum atomic E-state index is -0.974. The zero-order valence-electron chi connectivity index (χ0n) is 11.8. The van der Waals surface area contributed by atoms with Crippen LogP contribution in [-0.4, -0.2) is 38.4 Å². The van der Waals surface area contributed by atoms with Crippen molar-refractivity contribution in [2.75, 3.05) is 5.75 Å². The van der Waals surface area contributed by atoms with Crippen molar-refractivity contribution >= 4 is 28.8 Å². The van der Waals surface area contributed by atoms with Crippen molar-refractivity contribution in [3.63, 3.8) is 0 Å². The molecule has 0 saturated carbocycles. The number of H-pyrrole nitrogens is 1. The van der Waals surface area contributed by atoms with Crippen LogP contribution in [0.2, 0.25) is 0 Å². The molecule has 1 atom stereocenters. The van der Waals surface area contributed by atoms with Crippen LogP contribution in [0, 0.1) is 0 Å².